The summed E-state index contributed by atoms with van der Waals surface area (Å²) in [4.78, 5) is 73.1. The Balaban J connectivity index is 5.43. The third-order valence-electron chi connectivity index (χ3n) is 16.2. The lowest BCUT2D eigenvalue weighted by Gasteiger charge is -2.21. The van der Waals surface area contributed by atoms with Crippen LogP contribution >= 0.6 is 15.6 Å². The Morgan fingerprint density at radius 3 is 0.708 bits per heavy atom. The number of ether oxygens (including phenoxy) is 4. The summed E-state index contributed by atoms with van der Waals surface area (Å²) in [5.41, 5.74) is 0. The predicted octanol–water partition coefficient (Wildman–Crippen LogP) is 23.8. The van der Waals surface area contributed by atoms with Gasteiger partial charge in [-0.05, 0) is 167 Å². The molecule has 0 aliphatic rings. The molecule has 0 aromatic rings. The van der Waals surface area contributed by atoms with E-state index in [1.54, 1.807) is 0 Å². The normalized spacial score (nSPS) is 14.7. The lowest BCUT2D eigenvalue weighted by molar-refractivity contribution is -0.161. The van der Waals surface area contributed by atoms with Crippen molar-refractivity contribution in [2.24, 2.45) is 0 Å². The summed E-state index contributed by atoms with van der Waals surface area (Å²) in [6, 6.07) is 0. The van der Waals surface area contributed by atoms with Crippen LogP contribution in [0, 0.1) is 0 Å². The molecule has 0 spiro atoms. The Bertz CT molecular complexity index is 2680. The van der Waals surface area contributed by atoms with E-state index in [9.17, 15) is 43.2 Å². The fraction of sp³-hybridized carbons (Fsp3) is 0.632. The molecule has 0 bridgehead atoms. The van der Waals surface area contributed by atoms with Gasteiger partial charge in [0, 0.05) is 25.7 Å². The fourth-order valence-electron chi connectivity index (χ4n) is 10.2. The van der Waals surface area contributed by atoms with Gasteiger partial charge in [0.15, 0.2) is 12.2 Å². The molecule has 19 heteroatoms. The zero-order valence-corrected chi connectivity index (χ0v) is 67.6. The smallest absolute Gasteiger partial charge is 0.462 e. The molecule has 0 fully saturated rings. The molecule has 106 heavy (non-hydrogen) atoms. The minimum absolute atomic E-state index is 0.0636. The Labute approximate surface area is 642 Å². The Morgan fingerprint density at radius 1 is 0.264 bits per heavy atom. The molecule has 0 aromatic heterocycles. The maximum atomic E-state index is 13.1. The molecule has 0 rings (SSSR count). The Kier molecular flexibility index (Phi) is 73.5. The van der Waals surface area contributed by atoms with Gasteiger partial charge in [-0.3, -0.25) is 37.3 Å². The zero-order chi connectivity index (χ0) is 77.4. The maximum absolute atomic E-state index is 13.1. The number of aliphatic hydroxyl groups is 1. The summed E-state index contributed by atoms with van der Waals surface area (Å²) in [5.74, 6) is -2.26. The lowest BCUT2D eigenvalue weighted by Crippen LogP contribution is -2.30. The van der Waals surface area contributed by atoms with Gasteiger partial charge in [0.1, 0.15) is 19.3 Å². The van der Waals surface area contributed by atoms with E-state index in [1.807, 2.05) is 0 Å². The first kappa shape index (κ1) is 100. The molecule has 5 atom stereocenters. The van der Waals surface area contributed by atoms with Crippen LogP contribution in [0.15, 0.2) is 170 Å². The molecular weight excluding hydrogens is 1380 g/mol. The molecule has 602 valence electrons. The van der Waals surface area contributed by atoms with Crippen LogP contribution in [-0.2, 0) is 65.4 Å². The summed E-state index contributed by atoms with van der Waals surface area (Å²) < 4.78 is 68.6. The summed E-state index contributed by atoms with van der Waals surface area (Å²) in [7, 11) is -10.00. The van der Waals surface area contributed by atoms with E-state index in [1.165, 1.54) is 0 Å². The number of carbonyl (C=O) groups is 4. The molecule has 3 N–H and O–H groups in total. The van der Waals surface area contributed by atoms with Gasteiger partial charge in [-0.2, -0.15) is 0 Å². The van der Waals surface area contributed by atoms with Crippen molar-refractivity contribution >= 4 is 39.5 Å². The Hall–Kier alpha value is -5.58. The summed E-state index contributed by atoms with van der Waals surface area (Å²) in [6.45, 7) is 4.34. The van der Waals surface area contributed by atoms with Crippen LogP contribution in [0.2, 0.25) is 0 Å². The number of carbonyl (C=O) groups excluding carboxylic acids is 4. The van der Waals surface area contributed by atoms with Crippen LogP contribution in [0.4, 0.5) is 0 Å². The van der Waals surface area contributed by atoms with Crippen LogP contribution in [-0.4, -0.2) is 96.7 Å². The van der Waals surface area contributed by atoms with Crippen LogP contribution in [0.3, 0.4) is 0 Å². The molecular formula is C87H142O17P2. The first-order valence-corrected chi connectivity index (χ1v) is 43.4. The number of phosphoric acid groups is 2. The highest BCUT2D eigenvalue weighted by Crippen LogP contribution is 2.45. The third-order valence-corrected chi connectivity index (χ3v) is 18.1. The van der Waals surface area contributed by atoms with Crippen LogP contribution in [0.5, 0.6) is 0 Å². The predicted molar refractivity (Wildman–Crippen MR) is 436 cm³/mol. The van der Waals surface area contributed by atoms with Gasteiger partial charge in [0.05, 0.1) is 26.4 Å². The highest BCUT2D eigenvalue weighted by atomic mass is 31.2. The van der Waals surface area contributed by atoms with Gasteiger partial charge in [0.25, 0.3) is 0 Å². The van der Waals surface area contributed by atoms with E-state index in [4.69, 9.17) is 37.0 Å². The molecule has 5 unspecified atom stereocenters. The molecule has 0 aromatic carbocycles. The van der Waals surface area contributed by atoms with Gasteiger partial charge in [-0.1, -0.05) is 275 Å². The molecule has 0 aliphatic heterocycles. The molecule has 0 heterocycles. The number of unbranched alkanes of at least 4 members (excludes halogenated alkanes) is 20. The van der Waals surface area contributed by atoms with Gasteiger partial charge in [-0.15, -0.1) is 0 Å². The van der Waals surface area contributed by atoms with Crippen molar-refractivity contribution in [3.8, 4) is 0 Å². The first-order valence-electron chi connectivity index (χ1n) is 40.4. The molecule has 0 saturated heterocycles. The minimum atomic E-state index is -5.00. The Morgan fingerprint density at radius 2 is 0.462 bits per heavy atom. The molecule has 0 saturated carbocycles. The standard InChI is InChI=1S/C87H142O17P2/c1-5-9-13-17-21-25-29-33-37-39-40-42-46-48-52-56-60-64-68-72-85(90)98-78-83(104-87(92)74-70-66-62-58-54-50-44-36-32-28-24-20-16-12-8-4)80-102-106(95,96)100-76-81(88)75-99-105(93,94)101-79-82(103-86(91)73-69-65-61-57-53-49-43-35-31-27-23-19-15-11-7-3)77-97-84(89)71-67-63-59-55-51-47-45-41-38-34-30-26-22-18-14-10-6-2/h9-16,21-28,33-38,40,42-45,47,81-83,88H,5-8,17-20,29-32,39,41,46,48-80H2,1-4H3,(H,93,94)(H,95,96)/b13-9-,14-10-,15-11-,16-12-,25-21-,26-22-,27-23-,28-24-,37-33-,38-34-,42-40-,43-35-,44-36-,47-45-. The fourth-order valence-corrected chi connectivity index (χ4v) is 11.8. The summed E-state index contributed by atoms with van der Waals surface area (Å²) in [6.07, 6.45) is 91.8. The second-order valence-electron chi connectivity index (χ2n) is 26.2. The number of phosphoric ester groups is 2. The molecule has 0 radical (unpaired) electrons. The van der Waals surface area contributed by atoms with Gasteiger partial charge < -0.3 is 33.8 Å². The number of rotatable bonds is 74. The van der Waals surface area contributed by atoms with Gasteiger partial charge >= 0.3 is 39.5 Å². The van der Waals surface area contributed by atoms with Crippen LogP contribution < -0.4 is 0 Å². The van der Waals surface area contributed by atoms with Crippen molar-refractivity contribution in [1.29, 1.82) is 0 Å². The average molecular weight is 1520 g/mol. The SMILES string of the molecule is CC/C=C\C/C=C\C/C=C\C/C=C\CCCCCCCCC(=O)OCC(COP(=O)(O)OCC(O)COP(=O)(O)OCC(COC(=O)CCCCCC/C=C\C/C=C\C/C=C\C/C=C\CC)OC(=O)CCCCCCC/C=C\C/C=C\C/C=C\CC)OC(=O)CCCCCCC/C=C\C/C=C\C/C=C\CC. The summed E-state index contributed by atoms with van der Waals surface area (Å²) >= 11 is 0. The quantitative estimate of drug-likeness (QED) is 0.0169. The van der Waals surface area contributed by atoms with Crippen molar-refractivity contribution in [3.63, 3.8) is 0 Å². The van der Waals surface area contributed by atoms with Gasteiger partial charge in [0.2, 0.25) is 0 Å². The van der Waals surface area contributed by atoms with Crippen molar-refractivity contribution in [2.45, 2.75) is 316 Å². The molecule has 0 amide bonds. The zero-order valence-electron chi connectivity index (χ0n) is 65.8. The highest BCUT2D eigenvalue weighted by molar-refractivity contribution is 7.47. The number of esters is 4. The van der Waals surface area contributed by atoms with Crippen LogP contribution in [0.1, 0.15) is 297 Å². The van der Waals surface area contributed by atoms with E-state index in [2.05, 4.69) is 198 Å². The lowest BCUT2D eigenvalue weighted by atomic mass is 10.1. The monoisotopic (exact) mass is 1520 g/mol. The third kappa shape index (κ3) is 76.6. The van der Waals surface area contributed by atoms with E-state index in [0.29, 0.717) is 25.7 Å². The second kappa shape index (κ2) is 77.6. The highest BCUT2D eigenvalue weighted by Gasteiger charge is 2.30. The topological polar surface area (TPSA) is 237 Å². The largest absolute Gasteiger partial charge is 0.472 e. The second-order valence-corrected chi connectivity index (χ2v) is 29.1. The van der Waals surface area contributed by atoms with Gasteiger partial charge in [-0.25, -0.2) is 9.13 Å². The number of hydrogen-bond donors (Lipinski definition) is 3. The van der Waals surface area contributed by atoms with Crippen LogP contribution in [0.25, 0.3) is 0 Å². The molecule has 17 nitrogen and oxygen atoms in total. The van der Waals surface area contributed by atoms with Crippen molar-refractivity contribution in [1.82, 2.24) is 0 Å². The van der Waals surface area contributed by atoms with E-state index < -0.39 is 97.5 Å². The maximum Gasteiger partial charge on any atom is 0.472 e. The number of allylic oxidation sites excluding steroid dienone is 28. The minimum Gasteiger partial charge on any atom is -0.462 e. The van der Waals surface area contributed by atoms with E-state index >= 15 is 0 Å². The number of hydrogen-bond acceptors (Lipinski definition) is 15. The van der Waals surface area contributed by atoms with E-state index in [0.717, 1.165) is 218 Å². The van der Waals surface area contributed by atoms with Crippen molar-refractivity contribution in [2.75, 3.05) is 39.6 Å². The van der Waals surface area contributed by atoms with Crippen molar-refractivity contribution < 1.29 is 80.2 Å². The van der Waals surface area contributed by atoms with E-state index in [-0.39, 0.29) is 25.7 Å². The summed E-state index contributed by atoms with van der Waals surface area (Å²) in [5, 5.41) is 10.7. The number of aliphatic hydroxyl groups excluding tert-OH is 1. The average Bonchev–Trinajstić information content (AvgIpc) is 0.909. The molecule has 0 aliphatic carbocycles. The van der Waals surface area contributed by atoms with Crippen molar-refractivity contribution in [3.05, 3.63) is 170 Å². The first-order chi connectivity index (χ1) is 51.7.